The molecule has 0 spiro atoms. The van der Waals surface area contributed by atoms with Crippen LogP contribution in [0.25, 0.3) is 0 Å². The van der Waals surface area contributed by atoms with E-state index in [0.29, 0.717) is 16.1 Å². The Hall–Kier alpha value is -2.46. The average molecular weight is 331 g/mol. The van der Waals surface area contributed by atoms with Gasteiger partial charge >= 0.3 is 5.97 Å². The maximum Gasteiger partial charge on any atom is 0.307 e. The Balaban J connectivity index is 2.07. The molecule has 0 aliphatic carbocycles. The van der Waals surface area contributed by atoms with E-state index in [1.54, 1.807) is 54.6 Å². The zero-order valence-corrected chi connectivity index (χ0v) is 13.0. The molecule has 1 unspecified atom stereocenters. The first-order valence-corrected chi connectivity index (χ1v) is 7.45. The zero-order chi connectivity index (χ0) is 16.8. The maximum atomic E-state index is 12.2. The summed E-state index contributed by atoms with van der Waals surface area (Å²) in [7, 11) is 0. The average Bonchev–Trinajstić information content (AvgIpc) is 2.55. The van der Waals surface area contributed by atoms with Crippen molar-refractivity contribution in [2.24, 2.45) is 5.92 Å². The number of carboxylic acid groups (broad SMARTS) is 1. The number of ketones is 2. The standard InChI is InChI=1S/C18H15ClO4/c19-15-8-6-13(7-9-15)17(21)11-14(18(22)23)10-16(20)12-4-2-1-3-5-12/h1-9,14H,10-11H2,(H,22,23). The van der Waals surface area contributed by atoms with Crippen LogP contribution in [0.4, 0.5) is 0 Å². The van der Waals surface area contributed by atoms with Crippen LogP contribution in [-0.4, -0.2) is 22.6 Å². The highest BCUT2D eigenvalue weighted by Gasteiger charge is 2.25. The number of hydrogen-bond acceptors (Lipinski definition) is 3. The Kier molecular flexibility index (Phi) is 5.66. The molecule has 0 fully saturated rings. The minimum Gasteiger partial charge on any atom is -0.481 e. The van der Waals surface area contributed by atoms with Crippen LogP contribution in [0.3, 0.4) is 0 Å². The van der Waals surface area contributed by atoms with Crippen LogP contribution in [0.1, 0.15) is 33.6 Å². The molecule has 2 aromatic carbocycles. The fraction of sp³-hybridized carbons (Fsp3) is 0.167. The van der Waals surface area contributed by atoms with Crippen LogP contribution >= 0.6 is 11.6 Å². The number of hydrogen-bond donors (Lipinski definition) is 1. The molecule has 0 heterocycles. The number of carboxylic acids is 1. The normalized spacial score (nSPS) is 11.7. The van der Waals surface area contributed by atoms with Gasteiger partial charge in [-0.3, -0.25) is 14.4 Å². The van der Waals surface area contributed by atoms with Gasteiger partial charge in [0.05, 0.1) is 5.92 Å². The highest BCUT2D eigenvalue weighted by molar-refractivity contribution is 6.30. The van der Waals surface area contributed by atoms with Gasteiger partial charge in [0, 0.05) is 29.0 Å². The summed E-state index contributed by atoms with van der Waals surface area (Å²) >= 11 is 5.76. The van der Waals surface area contributed by atoms with Gasteiger partial charge in [-0.2, -0.15) is 0 Å². The second-order valence-electron chi connectivity index (χ2n) is 5.16. The van der Waals surface area contributed by atoms with E-state index in [1.165, 1.54) is 0 Å². The SMILES string of the molecule is O=C(CC(CC(=O)c1ccc(Cl)cc1)C(=O)O)c1ccccc1. The van der Waals surface area contributed by atoms with Gasteiger partial charge in [-0.05, 0) is 24.3 Å². The molecule has 0 bridgehead atoms. The lowest BCUT2D eigenvalue weighted by atomic mass is 9.92. The second kappa shape index (κ2) is 7.70. The van der Waals surface area contributed by atoms with Crippen molar-refractivity contribution in [1.82, 2.24) is 0 Å². The zero-order valence-electron chi connectivity index (χ0n) is 12.2. The van der Waals surface area contributed by atoms with Crippen molar-refractivity contribution >= 4 is 29.1 Å². The quantitative estimate of drug-likeness (QED) is 0.782. The van der Waals surface area contributed by atoms with E-state index in [1.807, 2.05) is 0 Å². The first-order valence-electron chi connectivity index (χ1n) is 7.07. The van der Waals surface area contributed by atoms with Gasteiger partial charge in [0.2, 0.25) is 0 Å². The van der Waals surface area contributed by atoms with Crippen LogP contribution in [0.15, 0.2) is 54.6 Å². The number of carbonyl (C=O) groups excluding carboxylic acids is 2. The number of carbonyl (C=O) groups is 3. The lowest BCUT2D eigenvalue weighted by Gasteiger charge is -2.11. The molecule has 0 radical (unpaired) electrons. The molecular formula is C18H15ClO4. The molecule has 0 aliphatic rings. The van der Waals surface area contributed by atoms with Crippen molar-refractivity contribution in [2.75, 3.05) is 0 Å². The molecule has 0 aromatic heterocycles. The van der Waals surface area contributed by atoms with E-state index < -0.39 is 11.9 Å². The monoisotopic (exact) mass is 330 g/mol. The van der Waals surface area contributed by atoms with E-state index in [-0.39, 0.29) is 24.4 Å². The van der Waals surface area contributed by atoms with Crippen LogP contribution in [-0.2, 0) is 4.79 Å². The summed E-state index contributed by atoms with van der Waals surface area (Å²) in [6.45, 7) is 0. The fourth-order valence-electron chi connectivity index (χ4n) is 2.19. The summed E-state index contributed by atoms with van der Waals surface area (Å²) < 4.78 is 0. The van der Waals surface area contributed by atoms with Crippen molar-refractivity contribution in [3.05, 3.63) is 70.7 Å². The van der Waals surface area contributed by atoms with Gasteiger partial charge in [0.1, 0.15) is 0 Å². The van der Waals surface area contributed by atoms with E-state index in [4.69, 9.17) is 11.6 Å². The Morgan fingerprint density at radius 3 is 1.78 bits per heavy atom. The third kappa shape index (κ3) is 4.76. The number of halogens is 1. The molecule has 118 valence electrons. The van der Waals surface area contributed by atoms with Gasteiger partial charge in [-0.1, -0.05) is 41.9 Å². The Labute approximate surface area is 138 Å². The molecule has 0 saturated heterocycles. The molecule has 0 aliphatic heterocycles. The molecule has 2 rings (SSSR count). The highest BCUT2D eigenvalue weighted by Crippen LogP contribution is 2.18. The van der Waals surface area contributed by atoms with E-state index >= 15 is 0 Å². The molecule has 5 heteroatoms. The Morgan fingerprint density at radius 1 is 0.826 bits per heavy atom. The summed E-state index contributed by atoms with van der Waals surface area (Å²) in [4.78, 5) is 35.7. The third-order valence-electron chi connectivity index (χ3n) is 3.47. The van der Waals surface area contributed by atoms with Crippen molar-refractivity contribution in [3.8, 4) is 0 Å². The summed E-state index contributed by atoms with van der Waals surface area (Å²) in [5, 5.41) is 9.78. The topological polar surface area (TPSA) is 71.4 Å². The number of rotatable bonds is 7. The predicted octanol–water partition coefficient (Wildman–Crippen LogP) is 3.89. The number of Topliss-reactive ketones (excluding diaryl/α,β-unsaturated/α-hetero) is 2. The summed E-state index contributed by atoms with van der Waals surface area (Å²) in [6, 6.07) is 14.7. The smallest absolute Gasteiger partial charge is 0.307 e. The molecule has 0 amide bonds. The van der Waals surface area contributed by atoms with Gasteiger partial charge in [-0.25, -0.2) is 0 Å². The van der Waals surface area contributed by atoms with Crippen LogP contribution < -0.4 is 0 Å². The molecule has 0 saturated carbocycles. The minimum absolute atomic E-state index is 0.210. The summed E-state index contributed by atoms with van der Waals surface area (Å²) in [5.41, 5.74) is 0.825. The maximum absolute atomic E-state index is 12.2. The molecule has 1 N–H and O–H groups in total. The van der Waals surface area contributed by atoms with Crippen LogP contribution in [0.2, 0.25) is 5.02 Å². The molecule has 23 heavy (non-hydrogen) atoms. The van der Waals surface area contributed by atoms with Crippen LogP contribution in [0.5, 0.6) is 0 Å². The summed E-state index contributed by atoms with van der Waals surface area (Å²) in [5.74, 6) is -2.82. The predicted molar refractivity (Wildman–Crippen MR) is 86.9 cm³/mol. The second-order valence-corrected chi connectivity index (χ2v) is 5.60. The fourth-order valence-corrected chi connectivity index (χ4v) is 2.32. The lowest BCUT2D eigenvalue weighted by molar-refractivity contribution is -0.141. The lowest BCUT2D eigenvalue weighted by Crippen LogP contribution is -2.21. The van der Waals surface area contributed by atoms with E-state index in [2.05, 4.69) is 0 Å². The largest absolute Gasteiger partial charge is 0.481 e. The minimum atomic E-state index is -1.16. The first-order chi connectivity index (χ1) is 11.0. The Morgan fingerprint density at radius 2 is 1.30 bits per heavy atom. The molecule has 2 aromatic rings. The van der Waals surface area contributed by atoms with Crippen molar-refractivity contribution in [2.45, 2.75) is 12.8 Å². The van der Waals surface area contributed by atoms with Crippen molar-refractivity contribution in [3.63, 3.8) is 0 Å². The Bertz CT molecular complexity index is 708. The van der Waals surface area contributed by atoms with Gasteiger partial charge in [0.15, 0.2) is 11.6 Å². The van der Waals surface area contributed by atoms with Crippen molar-refractivity contribution in [1.29, 1.82) is 0 Å². The van der Waals surface area contributed by atoms with Gasteiger partial charge in [-0.15, -0.1) is 0 Å². The highest BCUT2D eigenvalue weighted by atomic mass is 35.5. The van der Waals surface area contributed by atoms with E-state index in [9.17, 15) is 19.5 Å². The summed E-state index contributed by atoms with van der Waals surface area (Å²) in [6.07, 6.45) is -0.436. The molecule has 1 atom stereocenters. The van der Waals surface area contributed by atoms with E-state index in [0.717, 1.165) is 0 Å². The third-order valence-corrected chi connectivity index (χ3v) is 3.73. The van der Waals surface area contributed by atoms with Gasteiger partial charge in [0.25, 0.3) is 0 Å². The van der Waals surface area contributed by atoms with Crippen molar-refractivity contribution < 1.29 is 19.5 Å². The number of benzene rings is 2. The first kappa shape index (κ1) is 16.9. The molecular weight excluding hydrogens is 316 g/mol. The van der Waals surface area contributed by atoms with Gasteiger partial charge < -0.3 is 5.11 Å². The van der Waals surface area contributed by atoms with Crippen LogP contribution in [0, 0.1) is 5.92 Å². The molecule has 4 nitrogen and oxygen atoms in total. The number of aliphatic carboxylic acids is 1.